The van der Waals surface area contributed by atoms with Gasteiger partial charge in [0.15, 0.2) is 0 Å². The van der Waals surface area contributed by atoms with Gasteiger partial charge in [0.25, 0.3) is 0 Å². The van der Waals surface area contributed by atoms with Crippen LogP contribution >= 0.6 is 0 Å². The molecule has 0 N–H and O–H groups in total. The third kappa shape index (κ3) is 5.51. The van der Waals surface area contributed by atoms with E-state index in [1.54, 1.807) is 0 Å². The zero-order chi connectivity index (χ0) is 35.1. The van der Waals surface area contributed by atoms with Crippen LogP contribution < -0.4 is 4.90 Å². The SMILES string of the molecule is c1ccc(-c2ccc(N(c3ccc(-c4cc5ccccc5c5ccccc45)cc3)c3ccc(-c4cc5ccccc5c5ccccc45)cc3)cc2)cc1. The van der Waals surface area contributed by atoms with E-state index in [0.717, 1.165) is 17.1 Å². The largest absolute Gasteiger partial charge is 0.311 e. The summed E-state index contributed by atoms with van der Waals surface area (Å²) in [5.74, 6) is 0. The molecule has 1 nitrogen and oxygen atoms in total. The van der Waals surface area contributed by atoms with Crippen LogP contribution in [0.3, 0.4) is 0 Å². The first-order chi connectivity index (χ1) is 26.3. The number of benzene rings is 10. The summed E-state index contributed by atoms with van der Waals surface area (Å²) in [7, 11) is 0. The van der Waals surface area contributed by atoms with Gasteiger partial charge in [-0.1, -0.05) is 164 Å². The highest BCUT2D eigenvalue weighted by atomic mass is 15.1. The molecule has 0 spiro atoms. The maximum atomic E-state index is 2.36. The zero-order valence-electron chi connectivity index (χ0n) is 29.2. The Morgan fingerprint density at radius 3 is 0.981 bits per heavy atom. The minimum absolute atomic E-state index is 1.11. The van der Waals surface area contributed by atoms with Crippen molar-refractivity contribution in [1.29, 1.82) is 0 Å². The Hall–Kier alpha value is -6.96. The third-order valence-corrected chi connectivity index (χ3v) is 10.6. The first kappa shape index (κ1) is 30.8. The molecule has 0 aliphatic carbocycles. The van der Waals surface area contributed by atoms with Crippen LogP contribution in [-0.4, -0.2) is 0 Å². The van der Waals surface area contributed by atoms with Crippen molar-refractivity contribution < 1.29 is 0 Å². The predicted octanol–water partition coefficient (Wildman–Crippen LogP) is 14.8. The molecule has 10 aromatic rings. The van der Waals surface area contributed by atoms with Gasteiger partial charge < -0.3 is 4.90 Å². The summed E-state index contributed by atoms with van der Waals surface area (Å²) in [5, 5.41) is 10.2. The second-order valence-corrected chi connectivity index (χ2v) is 13.7. The highest BCUT2D eigenvalue weighted by molar-refractivity contribution is 6.15. The van der Waals surface area contributed by atoms with E-state index in [9.17, 15) is 0 Å². The Labute approximate surface area is 309 Å². The molecule has 0 atom stereocenters. The van der Waals surface area contributed by atoms with Crippen molar-refractivity contribution in [3.05, 3.63) is 212 Å². The molecule has 0 radical (unpaired) electrons. The molecule has 0 amide bonds. The van der Waals surface area contributed by atoms with E-state index in [-0.39, 0.29) is 0 Å². The molecule has 10 rings (SSSR count). The van der Waals surface area contributed by atoms with E-state index in [1.165, 1.54) is 76.5 Å². The van der Waals surface area contributed by atoms with E-state index in [4.69, 9.17) is 0 Å². The van der Waals surface area contributed by atoms with Crippen LogP contribution in [-0.2, 0) is 0 Å². The van der Waals surface area contributed by atoms with Gasteiger partial charge in [-0.2, -0.15) is 0 Å². The Kier molecular flexibility index (Phi) is 7.55. The van der Waals surface area contributed by atoms with Crippen LogP contribution in [0, 0.1) is 0 Å². The third-order valence-electron chi connectivity index (χ3n) is 10.6. The fraction of sp³-hybridized carbons (Fsp3) is 0. The molecule has 0 aliphatic heterocycles. The Morgan fingerprint density at radius 1 is 0.226 bits per heavy atom. The maximum absolute atomic E-state index is 2.36. The van der Waals surface area contributed by atoms with Gasteiger partial charge in [-0.3, -0.25) is 0 Å². The number of rotatable bonds is 6. The predicted molar refractivity (Wildman–Crippen MR) is 227 cm³/mol. The second kappa shape index (κ2) is 13.0. The lowest BCUT2D eigenvalue weighted by atomic mass is 9.93. The van der Waals surface area contributed by atoms with Crippen molar-refractivity contribution in [3.8, 4) is 33.4 Å². The number of fused-ring (bicyclic) bond motifs is 6. The summed E-state index contributed by atoms with van der Waals surface area (Å²) >= 11 is 0. The van der Waals surface area contributed by atoms with Crippen LogP contribution in [0.15, 0.2) is 212 Å². The normalized spacial score (nSPS) is 11.4. The van der Waals surface area contributed by atoms with Gasteiger partial charge in [0.05, 0.1) is 0 Å². The summed E-state index contributed by atoms with van der Waals surface area (Å²) in [6.45, 7) is 0. The van der Waals surface area contributed by atoms with E-state index in [1.807, 2.05) is 0 Å². The Bertz CT molecular complexity index is 2740. The molecule has 10 aromatic carbocycles. The average molecular weight is 674 g/mol. The van der Waals surface area contributed by atoms with E-state index in [0.29, 0.717) is 0 Å². The standard InChI is InChI=1S/C52H35N/c1-2-12-36(13-3-1)37-22-28-42(29-23-37)53(43-30-24-38(25-31-43)51-34-40-14-4-6-16-45(40)47-18-8-10-20-49(47)51)44-32-26-39(27-33-44)52-35-41-15-5-7-17-46(41)48-19-9-11-21-50(48)52/h1-35H. The van der Waals surface area contributed by atoms with Crippen LogP contribution in [0.4, 0.5) is 17.1 Å². The molecule has 0 saturated carbocycles. The fourth-order valence-electron chi connectivity index (χ4n) is 8.05. The molecule has 0 aromatic heterocycles. The molecule has 53 heavy (non-hydrogen) atoms. The molecule has 0 bridgehead atoms. The minimum Gasteiger partial charge on any atom is -0.311 e. The molecule has 0 fully saturated rings. The molecule has 0 heterocycles. The van der Waals surface area contributed by atoms with Crippen molar-refractivity contribution in [2.24, 2.45) is 0 Å². The van der Waals surface area contributed by atoms with Crippen molar-refractivity contribution >= 4 is 60.2 Å². The highest BCUT2D eigenvalue weighted by Crippen LogP contribution is 2.41. The van der Waals surface area contributed by atoms with Gasteiger partial charge in [-0.15, -0.1) is 0 Å². The minimum atomic E-state index is 1.11. The Morgan fingerprint density at radius 2 is 0.547 bits per heavy atom. The lowest BCUT2D eigenvalue weighted by Gasteiger charge is -2.26. The molecule has 1 heteroatoms. The van der Waals surface area contributed by atoms with Gasteiger partial charge in [-0.25, -0.2) is 0 Å². The molecular formula is C52H35N. The second-order valence-electron chi connectivity index (χ2n) is 13.7. The fourth-order valence-corrected chi connectivity index (χ4v) is 8.05. The molecular weight excluding hydrogens is 639 g/mol. The van der Waals surface area contributed by atoms with Gasteiger partial charge in [0, 0.05) is 17.1 Å². The van der Waals surface area contributed by atoms with Crippen LogP contribution in [0.5, 0.6) is 0 Å². The monoisotopic (exact) mass is 673 g/mol. The number of hydrogen-bond donors (Lipinski definition) is 0. The Balaban J connectivity index is 1.08. The van der Waals surface area contributed by atoms with Crippen LogP contribution in [0.25, 0.3) is 76.5 Å². The van der Waals surface area contributed by atoms with Crippen LogP contribution in [0.2, 0.25) is 0 Å². The first-order valence-corrected chi connectivity index (χ1v) is 18.3. The van der Waals surface area contributed by atoms with E-state index >= 15 is 0 Å². The number of anilines is 3. The summed E-state index contributed by atoms with van der Waals surface area (Å²) in [6, 6.07) is 77.2. The number of hydrogen-bond acceptors (Lipinski definition) is 1. The summed E-state index contributed by atoms with van der Waals surface area (Å²) in [4.78, 5) is 2.36. The maximum Gasteiger partial charge on any atom is 0.0462 e. The van der Waals surface area contributed by atoms with Gasteiger partial charge in [0.1, 0.15) is 0 Å². The lowest BCUT2D eigenvalue weighted by Crippen LogP contribution is -2.09. The van der Waals surface area contributed by atoms with Crippen molar-refractivity contribution in [2.75, 3.05) is 4.90 Å². The first-order valence-electron chi connectivity index (χ1n) is 18.3. The quantitative estimate of drug-likeness (QED) is 0.159. The lowest BCUT2D eigenvalue weighted by molar-refractivity contribution is 1.28. The highest BCUT2D eigenvalue weighted by Gasteiger charge is 2.16. The van der Waals surface area contributed by atoms with Gasteiger partial charge in [-0.05, 0) is 125 Å². The van der Waals surface area contributed by atoms with E-state index in [2.05, 4.69) is 217 Å². The van der Waals surface area contributed by atoms with Crippen molar-refractivity contribution in [1.82, 2.24) is 0 Å². The van der Waals surface area contributed by atoms with Crippen molar-refractivity contribution in [2.45, 2.75) is 0 Å². The van der Waals surface area contributed by atoms with E-state index < -0.39 is 0 Å². The number of nitrogens with zero attached hydrogens (tertiary/aromatic N) is 1. The molecule has 0 aliphatic rings. The molecule has 0 saturated heterocycles. The zero-order valence-corrected chi connectivity index (χ0v) is 29.2. The summed E-state index contributed by atoms with van der Waals surface area (Å²) < 4.78 is 0. The van der Waals surface area contributed by atoms with Gasteiger partial charge >= 0.3 is 0 Å². The topological polar surface area (TPSA) is 3.24 Å². The average Bonchev–Trinajstić information content (AvgIpc) is 3.24. The van der Waals surface area contributed by atoms with Crippen LogP contribution in [0.1, 0.15) is 0 Å². The summed E-state index contributed by atoms with van der Waals surface area (Å²) in [5.41, 5.74) is 10.6. The van der Waals surface area contributed by atoms with Crippen molar-refractivity contribution in [3.63, 3.8) is 0 Å². The van der Waals surface area contributed by atoms with Gasteiger partial charge in [0.2, 0.25) is 0 Å². The summed E-state index contributed by atoms with van der Waals surface area (Å²) in [6.07, 6.45) is 0. The molecule has 248 valence electrons. The smallest absolute Gasteiger partial charge is 0.0462 e. The molecule has 0 unspecified atom stereocenters.